The van der Waals surface area contributed by atoms with E-state index in [1.165, 1.54) is 0 Å². The summed E-state index contributed by atoms with van der Waals surface area (Å²) in [6.45, 7) is 7.94. The smallest absolute Gasteiger partial charge is 0.323 e. The van der Waals surface area contributed by atoms with Gasteiger partial charge in [-0.05, 0) is 46.1 Å². The molecular formula is C12H25NO3. The number of rotatable bonds is 10. The molecule has 0 amide bonds. The molecule has 0 spiro atoms. The number of hydrogen-bond acceptors (Lipinski definition) is 3. The Hall–Kier alpha value is -0.610. The summed E-state index contributed by atoms with van der Waals surface area (Å²) in [6.07, 6.45) is 3.39. The Morgan fingerprint density at radius 3 is 2.56 bits per heavy atom. The van der Waals surface area contributed by atoms with E-state index in [1.54, 1.807) is 6.92 Å². The lowest BCUT2D eigenvalue weighted by molar-refractivity contribution is -0.144. The summed E-state index contributed by atoms with van der Waals surface area (Å²) in [4.78, 5) is 11.2. The monoisotopic (exact) mass is 231 g/mol. The van der Waals surface area contributed by atoms with E-state index in [-0.39, 0.29) is 0 Å². The zero-order chi connectivity index (χ0) is 12.4. The van der Waals surface area contributed by atoms with E-state index in [4.69, 9.17) is 9.84 Å². The lowest BCUT2D eigenvalue weighted by Crippen LogP contribution is -2.49. The van der Waals surface area contributed by atoms with Gasteiger partial charge in [0, 0.05) is 13.2 Å². The van der Waals surface area contributed by atoms with Gasteiger partial charge in [-0.3, -0.25) is 4.79 Å². The van der Waals surface area contributed by atoms with Gasteiger partial charge in [-0.15, -0.1) is 0 Å². The minimum atomic E-state index is -0.789. The molecule has 0 aromatic carbocycles. The lowest BCUT2D eigenvalue weighted by atomic mass is 9.95. The highest BCUT2D eigenvalue weighted by atomic mass is 16.5. The maximum atomic E-state index is 11.2. The van der Waals surface area contributed by atoms with Crippen LogP contribution < -0.4 is 5.32 Å². The van der Waals surface area contributed by atoms with Crippen LogP contribution in [-0.4, -0.2) is 36.4 Å². The van der Waals surface area contributed by atoms with Crippen molar-refractivity contribution in [2.45, 2.75) is 52.0 Å². The van der Waals surface area contributed by atoms with Crippen molar-refractivity contribution in [3.8, 4) is 0 Å². The maximum Gasteiger partial charge on any atom is 0.323 e. The molecule has 0 aromatic heterocycles. The maximum absolute atomic E-state index is 11.2. The Balaban J connectivity index is 3.88. The molecule has 0 saturated heterocycles. The fourth-order valence-corrected chi connectivity index (χ4v) is 1.50. The molecule has 0 heterocycles. The first-order valence-corrected chi connectivity index (χ1v) is 6.13. The largest absolute Gasteiger partial charge is 0.480 e. The molecule has 0 bridgehead atoms. The second-order valence-corrected chi connectivity index (χ2v) is 4.22. The van der Waals surface area contributed by atoms with E-state index in [2.05, 4.69) is 5.32 Å². The quantitative estimate of drug-likeness (QED) is 0.565. The number of carboxylic acids is 1. The highest BCUT2D eigenvalue weighted by Gasteiger charge is 2.31. The van der Waals surface area contributed by atoms with Crippen molar-refractivity contribution in [2.75, 3.05) is 19.8 Å². The average molecular weight is 231 g/mol. The summed E-state index contributed by atoms with van der Waals surface area (Å²) < 4.78 is 5.22. The minimum absolute atomic E-state index is 0.648. The van der Waals surface area contributed by atoms with E-state index < -0.39 is 11.5 Å². The second kappa shape index (κ2) is 8.53. The van der Waals surface area contributed by atoms with Crippen molar-refractivity contribution >= 4 is 5.97 Å². The van der Waals surface area contributed by atoms with E-state index in [1.807, 2.05) is 13.8 Å². The van der Waals surface area contributed by atoms with Gasteiger partial charge < -0.3 is 15.2 Å². The SMILES string of the molecule is CCCNC(C)(CCCCOCC)C(=O)O. The summed E-state index contributed by atoms with van der Waals surface area (Å²) >= 11 is 0. The molecule has 4 heteroatoms. The zero-order valence-electron chi connectivity index (χ0n) is 10.7. The highest BCUT2D eigenvalue weighted by molar-refractivity contribution is 5.78. The molecule has 1 unspecified atom stereocenters. The first-order chi connectivity index (χ1) is 7.56. The Morgan fingerprint density at radius 1 is 1.38 bits per heavy atom. The van der Waals surface area contributed by atoms with Crippen molar-refractivity contribution in [3.63, 3.8) is 0 Å². The fraction of sp³-hybridized carbons (Fsp3) is 0.917. The standard InChI is InChI=1S/C12H25NO3/c1-4-9-13-12(3,11(14)15)8-6-7-10-16-5-2/h13H,4-10H2,1-3H3,(H,14,15). The lowest BCUT2D eigenvalue weighted by Gasteiger charge is -2.26. The summed E-state index contributed by atoms with van der Waals surface area (Å²) in [6, 6.07) is 0. The summed E-state index contributed by atoms with van der Waals surface area (Å²) in [7, 11) is 0. The van der Waals surface area contributed by atoms with Crippen LogP contribution in [-0.2, 0) is 9.53 Å². The average Bonchev–Trinajstić information content (AvgIpc) is 2.26. The first kappa shape index (κ1) is 15.4. The van der Waals surface area contributed by atoms with E-state index in [0.29, 0.717) is 6.42 Å². The van der Waals surface area contributed by atoms with Crippen LogP contribution in [0.15, 0.2) is 0 Å². The number of ether oxygens (including phenoxy) is 1. The first-order valence-electron chi connectivity index (χ1n) is 6.13. The summed E-state index contributed by atoms with van der Waals surface area (Å²) in [5.74, 6) is -0.766. The number of carbonyl (C=O) groups is 1. The predicted octanol–water partition coefficient (Wildman–Crippen LogP) is 2.04. The van der Waals surface area contributed by atoms with Gasteiger partial charge >= 0.3 is 5.97 Å². The molecule has 0 aliphatic heterocycles. The molecule has 0 rings (SSSR count). The third-order valence-corrected chi connectivity index (χ3v) is 2.66. The van der Waals surface area contributed by atoms with Gasteiger partial charge in [-0.25, -0.2) is 0 Å². The number of carboxylic acid groups (broad SMARTS) is 1. The molecular weight excluding hydrogens is 206 g/mol. The van der Waals surface area contributed by atoms with Crippen molar-refractivity contribution in [3.05, 3.63) is 0 Å². The molecule has 0 saturated carbocycles. The third kappa shape index (κ3) is 6.08. The van der Waals surface area contributed by atoms with Crippen LogP contribution in [0.4, 0.5) is 0 Å². The molecule has 0 radical (unpaired) electrons. The predicted molar refractivity (Wildman–Crippen MR) is 64.7 cm³/mol. The van der Waals surface area contributed by atoms with Crippen LogP contribution >= 0.6 is 0 Å². The highest BCUT2D eigenvalue weighted by Crippen LogP contribution is 2.14. The van der Waals surface area contributed by atoms with Crippen LogP contribution in [0.2, 0.25) is 0 Å². The Bertz CT molecular complexity index is 197. The molecule has 1 atom stereocenters. The third-order valence-electron chi connectivity index (χ3n) is 2.66. The van der Waals surface area contributed by atoms with E-state index in [0.717, 1.165) is 39.0 Å². The molecule has 0 aliphatic rings. The van der Waals surface area contributed by atoms with Crippen LogP contribution in [0.5, 0.6) is 0 Å². The van der Waals surface area contributed by atoms with Crippen LogP contribution in [0.25, 0.3) is 0 Å². The van der Waals surface area contributed by atoms with Crippen molar-refractivity contribution < 1.29 is 14.6 Å². The normalized spacial score (nSPS) is 14.7. The Labute approximate surface area is 98.4 Å². The van der Waals surface area contributed by atoms with Gasteiger partial charge in [-0.1, -0.05) is 6.92 Å². The molecule has 4 nitrogen and oxygen atoms in total. The van der Waals surface area contributed by atoms with Crippen molar-refractivity contribution in [1.82, 2.24) is 5.32 Å². The zero-order valence-corrected chi connectivity index (χ0v) is 10.7. The number of nitrogens with one attached hydrogen (secondary N) is 1. The summed E-state index contributed by atoms with van der Waals surface area (Å²) in [5, 5.41) is 12.3. The molecule has 0 aromatic rings. The minimum Gasteiger partial charge on any atom is -0.480 e. The van der Waals surface area contributed by atoms with Crippen LogP contribution in [0, 0.1) is 0 Å². The van der Waals surface area contributed by atoms with Crippen LogP contribution in [0.1, 0.15) is 46.5 Å². The van der Waals surface area contributed by atoms with Gasteiger partial charge in [0.25, 0.3) is 0 Å². The van der Waals surface area contributed by atoms with E-state index in [9.17, 15) is 4.79 Å². The van der Waals surface area contributed by atoms with Crippen molar-refractivity contribution in [2.24, 2.45) is 0 Å². The molecule has 2 N–H and O–H groups in total. The number of unbranched alkanes of at least 4 members (excludes halogenated alkanes) is 1. The van der Waals surface area contributed by atoms with Gasteiger partial charge in [0.1, 0.15) is 5.54 Å². The molecule has 16 heavy (non-hydrogen) atoms. The fourth-order valence-electron chi connectivity index (χ4n) is 1.50. The topological polar surface area (TPSA) is 58.6 Å². The van der Waals surface area contributed by atoms with Crippen molar-refractivity contribution in [1.29, 1.82) is 0 Å². The van der Waals surface area contributed by atoms with Gasteiger partial charge in [0.2, 0.25) is 0 Å². The summed E-state index contributed by atoms with van der Waals surface area (Å²) in [5.41, 5.74) is -0.789. The Morgan fingerprint density at radius 2 is 2.06 bits per heavy atom. The van der Waals surface area contributed by atoms with E-state index >= 15 is 0 Å². The van der Waals surface area contributed by atoms with Gasteiger partial charge in [0.15, 0.2) is 0 Å². The van der Waals surface area contributed by atoms with Gasteiger partial charge in [-0.2, -0.15) is 0 Å². The van der Waals surface area contributed by atoms with Crippen LogP contribution in [0.3, 0.4) is 0 Å². The second-order valence-electron chi connectivity index (χ2n) is 4.22. The Kier molecular flexibility index (Phi) is 8.21. The number of aliphatic carboxylic acids is 1. The van der Waals surface area contributed by atoms with Gasteiger partial charge in [0.05, 0.1) is 0 Å². The number of hydrogen-bond donors (Lipinski definition) is 2. The molecule has 96 valence electrons. The molecule has 0 aliphatic carbocycles. The molecule has 0 fully saturated rings.